The van der Waals surface area contributed by atoms with E-state index in [0.717, 1.165) is 44.4 Å². The van der Waals surface area contributed by atoms with Crippen LogP contribution in [0.4, 0.5) is 4.39 Å². The van der Waals surface area contributed by atoms with Crippen molar-refractivity contribution in [2.24, 2.45) is 0 Å². The molecule has 1 aromatic heterocycles. The van der Waals surface area contributed by atoms with E-state index in [1.807, 2.05) is 54.6 Å². The Balaban J connectivity index is 1.97. The van der Waals surface area contributed by atoms with Crippen LogP contribution in [0.15, 0.2) is 103 Å². The fourth-order valence-electron chi connectivity index (χ4n) is 3.84. The molecule has 0 saturated carbocycles. The van der Waals surface area contributed by atoms with Crippen LogP contribution >= 0.6 is 11.6 Å². The minimum absolute atomic E-state index is 0.268. The van der Waals surface area contributed by atoms with E-state index in [4.69, 9.17) is 16.6 Å². The Morgan fingerprint density at radius 3 is 1.83 bits per heavy atom. The van der Waals surface area contributed by atoms with Crippen molar-refractivity contribution < 1.29 is 4.39 Å². The predicted octanol–water partition coefficient (Wildman–Crippen LogP) is 8.03. The molecule has 0 atom stereocenters. The Bertz CT molecular complexity index is 1330. The van der Waals surface area contributed by atoms with Crippen molar-refractivity contribution in [1.29, 1.82) is 0 Å². The highest BCUT2D eigenvalue weighted by molar-refractivity contribution is 6.31. The van der Waals surface area contributed by atoms with Gasteiger partial charge in [0.1, 0.15) is 5.82 Å². The van der Waals surface area contributed by atoms with Crippen molar-refractivity contribution in [3.05, 3.63) is 114 Å². The van der Waals surface area contributed by atoms with E-state index < -0.39 is 0 Å². The monoisotopic (exact) mass is 409 g/mol. The number of hydrogen-bond acceptors (Lipinski definition) is 1. The molecular weight excluding hydrogens is 393 g/mol. The first-order valence-electron chi connectivity index (χ1n) is 9.71. The average molecular weight is 410 g/mol. The largest absolute Gasteiger partial charge is 0.247 e. The Morgan fingerprint density at radius 1 is 0.600 bits per heavy atom. The summed E-state index contributed by atoms with van der Waals surface area (Å²) < 4.78 is 13.6. The van der Waals surface area contributed by atoms with E-state index in [1.165, 1.54) is 12.1 Å². The van der Waals surface area contributed by atoms with Crippen molar-refractivity contribution in [3.63, 3.8) is 0 Å². The smallest absolute Gasteiger partial charge is 0.123 e. The third kappa shape index (κ3) is 3.36. The van der Waals surface area contributed by atoms with E-state index in [-0.39, 0.29) is 5.82 Å². The SMILES string of the molecule is Fc1ccc(-c2nc3ccc(Cl)cc3c(-c3ccccc3)c2-c2ccccc2)cc1. The molecule has 0 amide bonds. The molecule has 4 aromatic carbocycles. The molecule has 0 bridgehead atoms. The molecule has 5 rings (SSSR count). The molecule has 0 unspecified atom stereocenters. The Labute approximate surface area is 179 Å². The average Bonchev–Trinajstić information content (AvgIpc) is 2.79. The number of pyridine rings is 1. The highest BCUT2D eigenvalue weighted by Gasteiger charge is 2.19. The lowest BCUT2D eigenvalue weighted by molar-refractivity contribution is 0.628. The van der Waals surface area contributed by atoms with Gasteiger partial charge in [-0.2, -0.15) is 0 Å². The van der Waals surface area contributed by atoms with Gasteiger partial charge in [-0.05, 0) is 53.6 Å². The van der Waals surface area contributed by atoms with E-state index in [0.29, 0.717) is 5.02 Å². The van der Waals surface area contributed by atoms with Gasteiger partial charge in [0.2, 0.25) is 0 Å². The summed E-state index contributed by atoms with van der Waals surface area (Å²) in [5.74, 6) is -0.268. The molecule has 0 aliphatic carbocycles. The van der Waals surface area contributed by atoms with Crippen LogP contribution in [-0.4, -0.2) is 4.98 Å². The van der Waals surface area contributed by atoms with E-state index in [1.54, 1.807) is 12.1 Å². The van der Waals surface area contributed by atoms with E-state index in [9.17, 15) is 4.39 Å². The Morgan fingerprint density at radius 2 is 1.20 bits per heavy atom. The molecule has 0 N–H and O–H groups in total. The second-order valence-electron chi connectivity index (χ2n) is 7.11. The van der Waals surface area contributed by atoms with E-state index in [2.05, 4.69) is 24.3 Å². The lowest BCUT2D eigenvalue weighted by atomic mass is 9.88. The highest BCUT2D eigenvalue weighted by Crippen LogP contribution is 2.43. The van der Waals surface area contributed by atoms with Gasteiger partial charge in [0.15, 0.2) is 0 Å². The first kappa shape index (κ1) is 18.5. The predicted molar refractivity (Wildman–Crippen MR) is 123 cm³/mol. The molecule has 0 radical (unpaired) electrons. The molecule has 144 valence electrons. The first-order chi connectivity index (χ1) is 14.7. The molecular formula is C27H17ClFN. The van der Waals surface area contributed by atoms with Gasteiger partial charge in [-0.1, -0.05) is 72.3 Å². The quantitative estimate of drug-likeness (QED) is 0.294. The van der Waals surface area contributed by atoms with E-state index >= 15 is 0 Å². The van der Waals surface area contributed by atoms with Crippen LogP contribution in [0.25, 0.3) is 44.4 Å². The van der Waals surface area contributed by atoms with Gasteiger partial charge in [-0.25, -0.2) is 9.37 Å². The van der Waals surface area contributed by atoms with Crippen LogP contribution < -0.4 is 0 Å². The molecule has 3 heteroatoms. The molecule has 0 aliphatic rings. The number of halogens is 2. The summed E-state index contributed by atoms with van der Waals surface area (Å²) >= 11 is 6.38. The Kier molecular flexibility index (Phi) is 4.78. The zero-order chi connectivity index (χ0) is 20.5. The summed E-state index contributed by atoms with van der Waals surface area (Å²) in [6.45, 7) is 0. The van der Waals surface area contributed by atoms with Crippen molar-refractivity contribution in [2.75, 3.05) is 0 Å². The standard InChI is InChI=1S/C27H17ClFN/c28-21-13-16-24-23(17-21)25(18-7-3-1-4-8-18)26(19-9-5-2-6-10-19)27(30-24)20-11-14-22(29)15-12-20/h1-17H. The fourth-order valence-corrected chi connectivity index (χ4v) is 4.01. The molecule has 0 saturated heterocycles. The van der Waals surface area contributed by atoms with Gasteiger partial charge < -0.3 is 0 Å². The normalized spacial score (nSPS) is 11.0. The van der Waals surface area contributed by atoms with Crippen LogP contribution in [0, 0.1) is 5.82 Å². The Hall–Kier alpha value is -3.49. The molecule has 5 aromatic rings. The lowest BCUT2D eigenvalue weighted by Crippen LogP contribution is -1.96. The summed E-state index contributed by atoms with van der Waals surface area (Å²) in [5.41, 5.74) is 6.72. The number of hydrogen-bond donors (Lipinski definition) is 0. The summed E-state index contributed by atoms with van der Waals surface area (Å²) in [7, 11) is 0. The van der Waals surface area contributed by atoms with Crippen molar-refractivity contribution in [1.82, 2.24) is 4.98 Å². The second-order valence-corrected chi connectivity index (χ2v) is 7.55. The number of benzene rings is 4. The maximum Gasteiger partial charge on any atom is 0.123 e. The van der Waals surface area contributed by atoms with Gasteiger partial charge in [0.05, 0.1) is 11.2 Å². The maximum absolute atomic E-state index is 13.6. The number of aromatic nitrogens is 1. The highest BCUT2D eigenvalue weighted by atomic mass is 35.5. The third-order valence-corrected chi connectivity index (χ3v) is 5.42. The van der Waals surface area contributed by atoms with Crippen LogP contribution in [-0.2, 0) is 0 Å². The summed E-state index contributed by atoms with van der Waals surface area (Å²) in [6.07, 6.45) is 0. The van der Waals surface area contributed by atoms with Crippen molar-refractivity contribution in [3.8, 4) is 33.5 Å². The van der Waals surface area contributed by atoms with Crippen molar-refractivity contribution >= 4 is 22.5 Å². The van der Waals surface area contributed by atoms with Crippen LogP contribution in [0.1, 0.15) is 0 Å². The summed E-state index contributed by atoms with van der Waals surface area (Å²) in [4.78, 5) is 5.00. The van der Waals surface area contributed by atoms with Crippen molar-refractivity contribution in [2.45, 2.75) is 0 Å². The number of rotatable bonds is 3. The summed E-state index contributed by atoms with van der Waals surface area (Å²) in [6, 6.07) is 32.7. The third-order valence-electron chi connectivity index (χ3n) is 5.19. The molecule has 0 fully saturated rings. The zero-order valence-corrected chi connectivity index (χ0v) is 16.8. The summed E-state index contributed by atoms with van der Waals surface area (Å²) in [5, 5.41) is 1.65. The minimum atomic E-state index is -0.268. The second kappa shape index (κ2) is 7.74. The van der Waals surface area contributed by atoms with Gasteiger partial charge in [0, 0.05) is 27.1 Å². The van der Waals surface area contributed by atoms with Gasteiger partial charge in [-0.15, -0.1) is 0 Å². The van der Waals surface area contributed by atoms with Gasteiger partial charge >= 0.3 is 0 Å². The molecule has 0 spiro atoms. The van der Waals surface area contributed by atoms with Crippen LogP contribution in [0.2, 0.25) is 5.02 Å². The van der Waals surface area contributed by atoms with Crippen LogP contribution in [0.5, 0.6) is 0 Å². The topological polar surface area (TPSA) is 12.9 Å². The van der Waals surface area contributed by atoms with Crippen LogP contribution in [0.3, 0.4) is 0 Å². The minimum Gasteiger partial charge on any atom is -0.247 e. The zero-order valence-electron chi connectivity index (χ0n) is 16.0. The number of fused-ring (bicyclic) bond motifs is 1. The maximum atomic E-state index is 13.6. The lowest BCUT2D eigenvalue weighted by Gasteiger charge is -2.18. The number of nitrogens with zero attached hydrogens (tertiary/aromatic N) is 1. The van der Waals surface area contributed by atoms with Gasteiger partial charge in [0.25, 0.3) is 0 Å². The first-order valence-corrected chi connectivity index (χ1v) is 10.1. The molecule has 1 heterocycles. The molecule has 1 nitrogen and oxygen atoms in total. The fraction of sp³-hybridized carbons (Fsp3) is 0. The molecule has 0 aliphatic heterocycles. The molecule has 30 heavy (non-hydrogen) atoms. The van der Waals surface area contributed by atoms with Gasteiger partial charge in [-0.3, -0.25) is 0 Å².